The van der Waals surface area contributed by atoms with Gasteiger partial charge in [0.2, 0.25) is 5.95 Å². The molecule has 1 fully saturated rings. The molecule has 0 atom stereocenters. The number of tetrazole rings is 1. The second-order valence-corrected chi connectivity index (χ2v) is 3.18. The Balaban J connectivity index is 1.90. The summed E-state index contributed by atoms with van der Waals surface area (Å²) in [4.78, 5) is 0. The summed E-state index contributed by atoms with van der Waals surface area (Å²) >= 11 is 0. The van der Waals surface area contributed by atoms with E-state index in [1.54, 1.807) is 4.68 Å². The Labute approximate surface area is 76.1 Å². The summed E-state index contributed by atoms with van der Waals surface area (Å²) in [6.45, 7) is 2.77. The molecule has 2 rings (SSSR count). The normalized spacial score (nSPS) is 27.2. The SMILES string of the molecule is CCOC1CC(n2nnnc2N)C1. The van der Waals surface area contributed by atoms with Crippen LogP contribution in [-0.2, 0) is 4.74 Å². The Morgan fingerprint density at radius 1 is 1.62 bits per heavy atom. The van der Waals surface area contributed by atoms with Crippen LogP contribution in [0.1, 0.15) is 25.8 Å². The van der Waals surface area contributed by atoms with Gasteiger partial charge in [-0.2, -0.15) is 0 Å². The van der Waals surface area contributed by atoms with Crippen molar-refractivity contribution in [1.82, 2.24) is 20.2 Å². The molecule has 2 N–H and O–H groups in total. The second-order valence-electron chi connectivity index (χ2n) is 3.18. The van der Waals surface area contributed by atoms with Gasteiger partial charge in [-0.05, 0) is 30.2 Å². The maximum Gasteiger partial charge on any atom is 0.240 e. The van der Waals surface area contributed by atoms with E-state index in [0.29, 0.717) is 18.1 Å². The highest BCUT2D eigenvalue weighted by Crippen LogP contribution is 2.34. The van der Waals surface area contributed by atoms with Crippen molar-refractivity contribution in [2.45, 2.75) is 31.9 Å². The van der Waals surface area contributed by atoms with E-state index >= 15 is 0 Å². The number of hydrogen-bond acceptors (Lipinski definition) is 5. The van der Waals surface area contributed by atoms with Gasteiger partial charge in [0.15, 0.2) is 0 Å². The predicted molar refractivity (Wildman–Crippen MR) is 45.9 cm³/mol. The van der Waals surface area contributed by atoms with Gasteiger partial charge in [0.05, 0.1) is 12.1 Å². The first-order valence-electron chi connectivity index (χ1n) is 4.46. The maximum absolute atomic E-state index is 5.56. The summed E-state index contributed by atoms with van der Waals surface area (Å²) in [5.74, 6) is 0.389. The number of ether oxygens (including phenoxy) is 1. The van der Waals surface area contributed by atoms with Gasteiger partial charge in [0, 0.05) is 6.61 Å². The van der Waals surface area contributed by atoms with Crippen LogP contribution >= 0.6 is 0 Å². The van der Waals surface area contributed by atoms with Crippen LogP contribution in [0.5, 0.6) is 0 Å². The zero-order valence-electron chi connectivity index (χ0n) is 7.55. The standard InChI is InChI=1S/C7H13N5O/c1-2-13-6-3-5(4-6)12-7(8)9-10-11-12/h5-6H,2-4H2,1H3,(H2,8,9,11). The smallest absolute Gasteiger partial charge is 0.240 e. The fraction of sp³-hybridized carbons (Fsp3) is 0.857. The molecule has 6 heteroatoms. The first-order valence-corrected chi connectivity index (χ1v) is 4.46. The molecular weight excluding hydrogens is 170 g/mol. The number of nitrogen functional groups attached to an aromatic ring is 1. The van der Waals surface area contributed by atoms with Crippen molar-refractivity contribution >= 4 is 5.95 Å². The summed E-state index contributed by atoms with van der Waals surface area (Å²) < 4.78 is 7.09. The highest BCUT2D eigenvalue weighted by Gasteiger charge is 2.32. The molecule has 0 amide bonds. The lowest BCUT2D eigenvalue weighted by atomic mass is 9.89. The minimum Gasteiger partial charge on any atom is -0.378 e. The lowest BCUT2D eigenvalue weighted by molar-refractivity contribution is -0.0225. The van der Waals surface area contributed by atoms with E-state index in [0.717, 1.165) is 19.4 Å². The molecule has 13 heavy (non-hydrogen) atoms. The summed E-state index contributed by atoms with van der Waals surface area (Å²) in [5, 5.41) is 10.9. The number of nitrogens with zero attached hydrogens (tertiary/aromatic N) is 4. The van der Waals surface area contributed by atoms with Crippen LogP contribution in [0.4, 0.5) is 5.95 Å². The third-order valence-electron chi connectivity index (χ3n) is 2.34. The van der Waals surface area contributed by atoms with Gasteiger partial charge in [-0.15, -0.1) is 0 Å². The first-order chi connectivity index (χ1) is 6.31. The molecule has 0 aromatic carbocycles. The van der Waals surface area contributed by atoms with Crippen LogP contribution in [0.25, 0.3) is 0 Å². The van der Waals surface area contributed by atoms with Crippen molar-refractivity contribution < 1.29 is 4.74 Å². The van der Waals surface area contributed by atoms with Crippen LogP contribution < -0.4 is 5.73 Å². The maximum atomic E-state index is 5.56. The monoisotopic (exact) mass is 183 g/mol. The predicted octanol–water partition coefficient (Wildman–Crippen LogP) is -0.00470. The molecule has 1 aliphatic rings. The third kappa shape index (κ3) is 1.49. The van der Waals surface area contributed by atoms with E-state index in [-0.39, 0.29) is 0 Å². The highest BCUT2D eigenvalue weighted by atomic mass is 16.5. The Morgan fingerprint density at radius 3 is 2.92 bits per heavy atom. The topological polar surface area (TPSA) is 78.8 Å². The van der Waals surface area contributed by atoms with Crippen LogP contribution in [0.15, 0.2) is 0 Å². The Bertz CT molecular complexity index is 280. The van der Waals surface area contributed by atoms with E-state index in [2.05, 4.69) is 15.5 Å². The van der Waals surface area contributed by atoms with Crippen molar-refractivity contribution in [2.75, 3.05) is 12.3 Å². The zero-order valence-corrected chi connectivity index (χ0v) is 7.55. The van der Waals surface area contributed by atoms with Gasteiger partial charge in [-0.3, -0.25) is 0 Å². The Kier molecular flexibility index (Phi) is 2.13. The van der Waals surface area contributed by atoms with Gasteiger partial charge < -0.3 is 10.5 Å². The van der Waals surface area contributed by atoms with Crippen LogP contribution in [0.2, 0.25) is 0 Å². The third-order valence-corrected chi connectivity index (χ3v) is 2.34. The van der Waals surface area contributed by atoms with Gasteiger partial charge in [-0.1, -0.05) is 5.10 Å². The van der Waals surface area contributed by atoms with E-state index < -0.39 is 0 Å². The molecule has 0 bridgehead atoms. The molecule has 1 aliphatic carbocycles. The quantitative estimate of drug-likeness (QED) is 0.713. The molecule has 0 aliphatic heterocycles. The van der Waals surface area contributed by atoms with Gasteiger partial charge in [0.1, 0.15) is 0 Å². The fourth-order valence-corrected chi connectivity index (χ4v) is 1.57. The molecule has 0 spiro atoms. The van der Waals surface area contributed by atoms with Crippen molar-refractivity contribution in [3.63, 3.8) is 0 Å². The minimum atomic E-state index is 0.326. The molecule has 0 saturated heterocycles. The zero-order chi connectivity index (χ0) is 9.26. The lowest BCUT2D eigenvalue weighted by Crippen LogP contribution is -2.34. The van der Waals surface area contributed by atoms with E-state index in [1.807, 2.05) is 6.92 Å². The second kappa shape index (κ2) is 3.29. The summed E-state index contributed by atoms with van der Waals surface area (Å²) in [5.41, 5.74) is 5.56. The van der Waals surface area contributed by atoms with Crippen LogP contribution in [-0.4, -0.2) is 32.9 Å². The number of hydrogen-bond donors (Lipinski definition) is 1. The summed E-state index contributed by atoms with van der Waals surface area (Å²) in [6.07, 6.45) is 2.28. The van der Waals surface area contributed by atoms with Gasteiger partial charge in [0.25, 0.3) is 0 Å². The number of anilines is 1. The lowest BCUT2D eigenvalue weighted by Gasteiger charge is -2.34. The number of rotatable bonds is 3. The fourth-order valence-electron chi connectivity index (χ4n) is 1.57. The highest BCUT2D eigenvalue weighted by molar-refractivity contribution is 5.12. The average Bonchev–Trinajstić information content (AvgIpc) is 2.43. The summed E-state index contributed by atoms with van der Waals surface area (Å²) in [6, 6.07) is 0.326. The van der Waals surface area contributed by atoms with Crippen LogP contribution in [0.3, 0.4) is 0 Å². The summed E-state index contributed by atoms with van der Waals surface area (Å²) in [7, 11) is 0. The molecule has 1 aromatic rings. The van der Waals surface area contributed by atoms with Crippen molar-refractivity contribution in [3.05, 3.63) is 0 Å². The van der Waals surface area contributed by atoms with Gasteiger partial charge >= 0.3 is 0 Å². The van der Waals surface area contributed by atoms with Crippen LogP contribution in [0, 0.1) is 0 Å². The van der Waals surface area contributed by atoms with E-state index in [4.69, 9.17) is 10.5 Å². The molecule has 1 aromatic heterocycles. The number of aromatic nitrogens is 4. The van der Waals surface area contributed by atoms with Gasteiger partial charge in [-0.25, -0.2) is 4.68 Å². The van der Waals surface area contributed by atoms with Crippen molar-refractivity contribution in [3.8, 4) is 0 Å². The minimum absolute atomic E-state index is 0.326. The van der Waals surface area contributed by atoms with Crippen molar-refractivity contribution in [2.24, 2.45) is 0 Å². The van der Waals surface area contributed by atoms with E-state index in [1.165, 1.54) is 0 Å². The molecule has 72 valence electrons. The Hall–Kier alpha value is -1.17. The Morgan fingerprint density at radius 2 is 2.38 bits per heavy atom. The largest absolute Gasteiger partial charge is 0.378 e. The molecule has 0 radical (unpaired) electrons. The molecule has 6 nitrogen and oxygen atoms in total. The first kappa shape index (κ1) is 8.43. The molecule has 0 unspecified atom stereocenters. The molecule has 1 saturated carbocycles. The van der Waals surface area contributed by atoms with E-state index in [9.17, 15) is 0 Å². The average molecular weight is 183 g/mol. The molecular formula is C7H13N5O. The molecule has 1 heterocycles. The van der Waals surface area contributed by atoms with Crippen molar-refractivity contribution in [1.29, 1.82) is 0 Å². The number of nitrogens with two attached hydrogens (primary N) is 1.